The highest BCUT2D eigenvalue weighted by Crippen LogP contribution is 2.34. The van der Waals surface area contributed by atoms with Gasteiger partial charge in [0.05, 0.1) is 11.5 Å². The van der Waals surface area contributed by atoms with Crippen molar-refractivity contribution in [2.45, 2.75) is 32.2 Å². The zero-order chi connectivity index (χ0) is 24.5. The number of ether oxygens (including phenoxy) is 3. The van der Waals surface area contributed by atoms with Crippen LogP contribution in [0.5, 0.6) is 11.5 Å². The summed E-state index contributed by atoms with van der Waals surface area (Å²) in [5, 5.41) is 2.65. The van der Waals surface area contributed by atoms with Crippen LogP contribution < -0.4 is 19.7 Å². The van der Waals surface area contributed by atoms with Crippen LogP contribution in [0.4, 0.5) is 18.9 Å². The van der Waals surface area contributed by atoms with Crippen LogP contribution in [0.1, 0.15) is 24.5 Å². The lowest BCUT2D eigenvalue weighted by molar-refractivity contribution is -0.158. The topological polar surface area (TPSA) is 94.2 Å². The summed E-state index contributed by atoms with van der Waals surface area (Å²) >= 11 is 0. The number of hydrogen-bond acceptors (Lipinski definition) is 6. The van der Waals surface area contributed by atoms with Crippen molar-refractivity contribution >= 4 is 23.5 Å². The second-order valence-corrected chi connectivity index (χ2v) is 7.94. The zero-order valence-electron chi connectivity index (χ0n) is 18.1. The highest BCUT2D eigenvalue weighted by Gasteiger charge is 2.38. The van der Waals surface area contributed by atoms with Gasteiger partial charge in [-0.15, -0.1) is 0 Å². The number of nitrogens with one attached hydrogen (secondary N) is 1. The molecule has 34 heavy (non-hydrogen) atoms. The first-order valence-electron chi connectivity index (χ1n) is 10.5. The predicted octanol–water partition coefficient (Wildman–Crippen LogP) is 3.04. The number of alkyl halides is 3. The molecule has 2 aliphatic heterocycles. The molecule has 1 saturated heterocycles. The van der Waals surface area contributed by atoms with Crippen molar-refractivity contribution in [2.24, 2.45) is 5.92 Å². The molecule has 1 fully saturated rings. The summed E-state index contributed by atoms with van der Waals surface area (Å²) < 4.78 is 54.7. The lowest BCUT2D eigenvalue weighted by Gasteiger charge is -2.19. The molecular formula is C23H21F3N2O6. The molecule has 2 aromatic rings. The maximum Gasteiger partial charge on any atom is 0.416 e. The highest BCUT2D eigenvalue weighted by atomic mass is 19.4. The predicted molar refractivity (Wildman–Crippen MR) is 112 cm³/mol. The molecule has 0 saturated carbocycles. The number of benzene rings is 2. The summed E-state index contributed by atoms with van der Waals surface area (Å²) in [7, 11) is 0. The number of rotatable bonds is 6. The summed E-state index contributed by atoms with van der Waals surface area (Å²) in [6.45, 7) is 1.56. The Labute approximate surface area is 192 Å². The molecule has 0 aromatic heterocycles. The van der Waals surface area contributed by atoms with Crippen molar-refractivity contribution in [3.05, 3.63) is 53.6 Å². The Hall–Kier alpha value is -3.76. The molecule has 0 bridgehead atoms. The molecule has 2 heterocycles. The van der Waals surface area contributed by atoms with Crippen molar-refractivity contribution in [2.75, 3.05) is 18.2 Å². The van der Waals surface area contributed by atoms with Crippen LogP contribution in [0.2, 0.25) is 0 Å². The summed E-state index contributed by atoms with van der Waals surface area (Å²) in [6, 6.07) is 9.54. The van der Waals surface area contributed by atoms with E-state index >= 15 is 0 Å². The van der Waals surface area contributed by atoms with Crippen LogP contribution in [-0.4, -0.2) is 37.2 Å². The molecule has 0 unspecified atom stereocenters. The van der Waals surface area contributed by atoms with Crippen molar-refractivity contribution in [1.82, 2.24) is 5.32 Å². The molecule has 2 atom stereocenters. The van der Waals surface area contributed by atoms with E-state index in [-0.39, 0.29) is 32.0 Å². The van der Waals surface area contributed by atoms with Gasteiger partial charge in [-0.2, -0.15) is 13.2 Å². The summed E-state index contributed by atoms with van der Waals surface area (Å²) in [4.78, 5) is 38.3. The van der Waals surface area contributed by atoms with Crippen molar-refractivity contribution < 1.29 is 41.8 Å². The minimum Gasteiger partial charge on any atom is -0.454 e. The number of carbonyl (C=O) groups excluding carboxylic acids is 3. The second-order valence-electron chi connectivity index (χ2n) is 7.94. The Morgan fingerprint density at radius 3 is 2.71 bits per heavy atom. The van der Waals surface area contributed by atoms with Crippen molar-refractivity contribution in [1.29, 1.82) is 0 Å². The Bertz CT molecular complexity index is 1120. The van der Waals surface area contributed by atoms with Gasteiger partial charge in [0.15, 0.2) is 17.6 Å². The van der Waals surface area contributed by atoms with Gasteiger partial charge < -0.3 is 24.4 Å². The number of anilines is 1. The third kappa shape index (κ3) is 5.08. The number of amides is 2. The number of carbonyl (C=O) groups is 3. The number of esters is 1. The van der Waals surface area contributed by atoms with E-state index in [9.17, 15) is 27.6 Å². The van der Waals surface area contributed by atoms with E-state index in [1.54, 1.807) is 18.2 Å². The van der Waals surface area contributed by atoms with Crippen LogP contribution in [0.15, 0.2) is 42.5 Å². The quantitative estimate of drug-likeness (QED) is 0.642. The lowest BCUT2D eigenvalue weighted by Crippen LogP contribution is -2.37. The van der Waals surface area contributed by atoms with E-state index in [4.69, 9.17) is 14.2 Å². The van der Waals surface area contributed by atoms with Crippen LogP contribution in [0.25, 0.3) is 0 Å². The van der Waals surface area contributed by atoms with E-state index in [0.717, 1.165) is 22.6 Å². The third-order valence-electron chi connectivity index (χ3n) is 5.51. The fraction of sp³-hybridized carbons (Fsp3) is 0.348. The first-order valence-corrected chi connectivity index (χ1v) is 10.5. The minimum absolute atomic E-state index is 0.0460. The van der Waals surface area contributed by atoms with Crippen LogP contribution >= 0.6 is 0 Å². The summed E-state index contributed by atoms with van der Waals surface area (Å²) in [6.07, 6.45) is -5.90. The molecular weight excluding hydrogens is 457 g/mol. The van der Waals surface area contributed by atoms with Crippen LogP contribution in [0.3, 0.4) is 0 Å². The lowest BCUT2D eigenvalue weighted by atomic mass is 10.1. The first kappa shape index (κ1) is 23.4. The Morgan fingerprint density at radius 2 is 1.94 bits per heavy atom. The van der Waals surface area contributed by atoms with Gasteiger partial charge in [-0.25, -0.2) is 0 Å². The number of nitrogens with zero attached hydrogens (tertiary/aromatic N) is 1. The van der Waals surface area contributed by atoms with Gasteiger partial charge in [0.1, 0.15) is 0 Å². The molecule has 0 aliphatic carbocycles. The van der Waals surface area contributed by atoms with E-state index in [1.165, 1.54) is 19.1 Å². The molecule has 1 N–H and O–H groups in total. The smallest absolute Gasteiger partial charge is 0.416 e. The van der Waals surface area contributed by atoms with E-state index < -0.39 is 41.5 Å². The zero-order valence-corrected chi connectivity index (χ0v) is 18.1. The van der Waals surface area contributed by atoms with Gasteiger partial charge >= 0.3 is 12.1 Å². The van der Waals surface area contributed by atoms with E-state index in [0.29, 0.717) is 11.5 Å². The first-order chi connectivity index (χ1) is 16.1. The molecule has 0 spiro atoms. The molecule has 8 nitrogen and oxygen atoms in total. The Kier molecular flexibility index (Phi) is 6.36. The summed E-state index contributed by atoms with van der Waals surface area (Å²) in [5.41, 5.74) is -0.0875. The molecule has 0 radical (unpaired) electrons. The van der Waals surface area contributed by atoms with Gasteiger partial charge in [0.2, 0.25) is 12.7 Å². The van der Waals surface area contributed by atoms with Gasteiger partial charge in [-0.1, -0.05) is 12.1 Å². The number of hydrogen-bond donors (Lipinski definition) is 1. The van der Waals surface area contributed by atoms with Gasteiger partial charge in [-0.05, 0) is 42.8 Å². The van der Waals surface area contributed by atoms with Crippen LogP contribution in [-0.2, 0) is 31.8 Å². The van der Waals surface area contributed by atoms with Crippen molar-refractivity contribution in [3.63, 3.8) is 0 Å². The molecule has 2 amide bonds. The molecule has 2 aliphatic rings. The molecule has 2 aromatic carbocycles. The monoisotopic (exact) mass is 478 g/mol. The molecule has 11 heteroatoms. The maximum atomic E-state index is 13.0. The van der Waals surface area contributed by atoms with Crippen molar-refractivity contribution in [3.8, 4) is 11.5 Å². The fourth-order valence-electron chi connectivity index (χ4n) is 3.67. The van der Waals surface area contributed by atoms with Gasteiger partial charge in [0, 0.05) is 25.2 Å². The fourth-order valence-corrected chi connectivity index (χ4v) is 3.67. The summed E-state index contributed by atoms with van der Waals surface area (Å²) in [5.74, 6) is -1.52. The number of fused-ring (bicyclic) bond motifs is 1. The molecule has 180 valence electrons. The SMILES string of the molecule is C[C@@H](OC(=O)[C@@H]1CC(=O)N(c2cccc(C(F)(F)F)c2)C1)C(=O)NCc1ccc2c(c1)OCO2. The van der Waals surface area contributed by atoms with E-state index in [2.05, 4.69) is 5.32 Å². The standard InChI is InChI=1S/C23H21F3N2O6/c1-13(21(30)27-10-14-5-6-18-19(7-14)33-12-32-18)34-22(31)15-8-20(29)28(11-15)17-4-2-3-16(9-17)23(24,25)26/h2-7,9,13,15H,8,10-12H2,1H3,(H,27,30)/t13-,15-/m1/s1. The van der Waals surface area contributed by atoms with Crippen LogP contribution in [0, 0.1) is 5.92 Å². The number of halogens is 3. The van der Waals surface area contributed by atoms with E-state index in [1.807, 2.05) is 0 Å². The molecule has 4 rings (SSSR count). The maximum absolute atomic E-state index is 13.0. The average molecular weight is 478 g/mol. The minimum atomic E-state index is -4.56. The van der Waals surface area contributed by atoms with Gasteiger partial charge in [-0.3, -0.25) is 14.4 Å². The highest BCUT2D eigenvalue weighted by molar-refractivity contribution is 5.99. The van der Waals surface area contributed by atoms with Gasteiger partial charge in [0.25, 0.3) is 5.91 Å². The average Bonchev–Trinajstić information content (AvgIpc) is 3.43. The third-order valence-corrected chi connectivity index (χ3v) is 5.51. The Balaban J connectivity index is 1.31. The normalized spacial score (nSPS) is 18.1. The second kappa shape index (κ2) is 9.24. The largest absolute Gasteiger partial charge is 0.454 e. The Morgan fingerprint density at radius 1 is 1.18 bits per heavy atom.